The fourth-order valence-electron chi connectivity index (χ4n) is 3.26. The van der Waals surface area contributed by atoms with Crippen LogP contribution in [0.3, 0.4) is 0 Å². The van der Waals surface area contributed by atoms with E-state index in [4.69, 9.17) is 4.74 Å². The molecule has 0 heterocycles. The van der Waals surface area contributed by atoms with Crippen molar-refractivity contribution in [1.29, 1.82) is 0 Å². The van der Waals surface area contributed by atoms with Crippen LogP contribution in [0.5, 0.6) is 5.75 Å². The van der Waals surface area contributed by atoms with E-state index in [9.17, 15) is 0 Å². The van der Waals surface area contributed by atoms with Crippen molar-refractivity contribution in [1.82, 2.24) is 0 Å². The molecule has 0 saturated heterocycles. The Bertz CT molecular complexity index is 433. The minimum Gasteiger partial charge on any atom is -0.497 e. The maximum atomic E-state index is 5.31. The van der Waals surface area contributed by atoms with Crippen LogP contribution in [0.15, 0.2) is 22.7 Å². The highest BCUT2D eigenvalue weighted by atomic mass is 79.9. The highest BCUT2D eigenvalue weighted by Gasteiger charge is 2.23. The van der Waals surface area contributed by atoms with Crippen LogP contribution in [0.2, 0.25) is 0 Å². The first kappa shape index (κ1) is 15.7. The zero-order valence-electron chi connectivity index (χ0n) is 12.8. The van der Waals surface area contributed by atoms with Gasteiger partial charge in [-0.25, -0.2) is 0 Å². The molecule has 2 unspecified atom stereocenters. The normalized spacial score (nSPS) is 22.9. The molecule has 20 heavy (non-hydrogen) atoms. The summed E-state index contributed by atoms with van der Waals surface area (Å²) < 4.78 is 6.43. The zero-order valence-corrected chi connectivity index (χ0v) is 14.4. The standard InChI is InChI=1S/C17H26BrNO/c1-12(2)9-13-5-4-6-14(10-13)19-17-11-15(20-3)7-8-16(17)18/h7-8,11-14,19H,4-6,9-10H2,1-3H3. The van der Waals surface area contributed by atoms with Crippen LogP contribution in [0.25, 0.3) is 0 Å². The quantitative estimate of drug-likeness (QED) is 0.767. The van der Waals surface area contributed by atoms with Crippen molar-refractivity contribution in [3.8, 4) is 5.75 Å². The molecule has 1 aliphatic carbocycles. The largest absolute Gasteiger partial charge is 0.497 e. The number of anilines is 1. The van der Waals surface area contributed by atoms with Crippen LogP contribution < -0.4 is 10.1 Å². The minimum atomic E-state index is 0.593. The van der Waals surface area contributed by atoms with E-state index >= 15 is 0 Å². The van der Waals surface area contributed by atoms with E-state index < -0.39 is 0 Å². The Labute approximate surface area is 131 Å². The average Bonchev–Trinajstić information content (AvgIpc) is 2.41. The van der Waals surface area contributed by atoms with Crippen LogP contribution >= 0.6 is 15.9 Å². The number of methoxy groups -OCH3 is 1. The summed E-state index contributed by atoms with van der Waals surface area (Å²) in [7, 11) is 1.71. The number of nitrogens with one attached hydrogen (secondary N) is 1. The van der Waals surface area contributed by atoms with Crippen molar-refractivity contribution in [3.63, 3.8) is 0 Å². The van der Waals surface area contributed by atoms with E-state index in [2.05, 4.69) is 47.2 Å². The molecule has 3 heteroatoms. The predicted octanol–water partition coefficient (Wildman–Crippen LogP) is 5.47. The SMILES string of the molecule is COc1ccc(Br)c(NC2CCCC(CC(C)C)C2)c1. The number of benzene rings is 1. The molecule has 0 spiro atoms. The van der Waals surface area contributed by atoms with Gasteiger partial charge >= 0.3 is 0 Å². The second-order valence-corrected chi connectivity index (χ2v) is 7.20. The van der Waals surface area contributed by atoms with E-state index in [0.717, 1.165) is 27.7 Å². The van der Waals surface area contributed by atoms with Crippen molar-refractivity contribution in [2.75, 3.05) is 12.4 Å². The summed E-state index contributed by atoms with van der Waals surface area (Å²) in [6.07, 6.45) is 6.67. The molecule has 0 aromatic heterocycles. The predicted molar refractivity (Wildman–Crippen MR) is 89.5 cm³/mol. The van der Waals surface area contributed by atoms with Gasteiger partial charge in [0.25, 0.3) is 0 Å². The van der Waals surface area contributed by atoms with E-state index in [0.29, 0.717) is 6.04 Å². The summed E-state index contributed by atoms with van der Waals surface area (Å²) in [4.78, 5) is 0. The summed E-state index contributed by atoms with van der Waals surface area (Å²) in [5.74, 6) is 2.60. The summed E-state index contributed by atoms with van der Waals surface area (Å²) in [5.41, 5.74) is 1.15. The van der Waals surface area contributed by atoms with E-state index in [1.807, 2.05) is 6.07 Å². The Morgan fingerprint density at radius 1 is 1.35 bits per heavy atom. The second-order valence-electron chi connectivity index (χ2n) is 6.35. The Kier molecular flexibility index (Phi) is 5.76. The van der Waals surface area contributed by atoms with Crippen LogP contribution in [0, 0.1) is 11.8 Å². The molecular formula is C17H26BrNO. The summed E-state index contributed by atoms with van der Waals surface area (Å²) in [6, 6.07) is 6.71. The molecule has 0 amide bonds. The van der Waals surface area contributed by atoms with Crippen molar-refractivity contribution >= 4 is 21.6 Å². The van der Waals surface area contributed by atoms with Crippen molar-refractivity contribution < 1.29 is 4.74 Å². The first-order valence-electron chi connectivity index (χ1n) is 7.68. The minimum absolute atomic E-state index is 0.593. The van der Waals surface area contributed by atoms with Crippen LogP contribution in [-0.4, -0.2) is 13.2 Å². The lowest BCUT2D eigenvalue weighted by atomic mass is 9.81. The molecule has 1 saturated carbocycles. The lowest BCUT2D eigenvalue weighted by Crippen LogP contribution is -2.28. The van der Waals surface area contributed by atoms with Gasteiger partial charge in [-0.15, -0.1) is 0 Å². The molecule has 2 atom stereocenters. The average molecular weight is 340 g/mol. The molecule has 0 aliphatic heterocycles. The number of halogens is 1. The van der Waals surface area contributed by atoms with Crippen molar-refractivity contribution in [2.24, 2.45) is 11.8 Å². The first-order valence-corrected chi connectivity index (χ1v) is 8.48. The Morgan fingerprint density at radius 3 is 2.85 bits per heavy atom. The lowest BCUT2D eigenvalue weighted by Gasteiger charge is -2.31. The molecule has 1 N–H and O–H groups in total. The first-order chi connectivity index (χ1) is 9.58. The molecule has 1 aliphatic rings. The van der Waals surface area contributed by atoms with Gasteiger partial charge in [-0.1, -0.05) is 26.7 Å². The maximum Gasteiger partial charge on any atom is 0.121 e. The van der Waals surface area contributed by atoms with Crippen LogP contribution in [0.4, 0.5) is 5.69 Å². The molecule has 1 aromatic rings. The Hall–Kier alpha value is -0.700. The van der Waals surface area contributed by atoms with E-state index in [-0.39, 0.29) is 0 Å². The maximum absolute atomic E-state index is 5.31. The van der Waals surface area contributed by atoms with Gasteiger partial charge in [-0.05, 0) is 59.2 Å². The van der Waals surface area contributed by atoms with Crippen molar-refractivity contribution in [2.45, 2.75) is 52.0 Å². The molecule has 1 fully saturated rings. The molecular weight excluding hydrogens is 314 g/mol. The third-order valence-electron chi connectivity index (χ3n) is 4.12. The van der Waals surface area contributed by atoms with Gasteiger partial charge < -0.3 is 10.1 Å². The molecule has 2 rings (SSSR count). The third kappa shape index (κ3) is 4.41. The second kappa shape index (κ2) is 7.35. The summed E-state index contributed by atoms with van der Waals surface area (Å²) in [5, 5.41) is 3.70. The summed E-state index contributed by atoms with van der Waals surface area (Å²) >= 11 is 3.62. The van der Waals surface area contributed by atoms with Gasteiger partial charge in [0.2, 0.25) is 0 Å². The smallest absolute Gasteiger partial charge is 0.121 e. The van der Waals surface area contributed by atoms with Gasteiger partial charge in [-0.3, -0.25) is 0 Å². The zero-order chi connectivity index (χ0) is 14.5. The van der Waals surface area contributed by atoms with Gasteiger partial charge in [0, 0.05) is 16.6 Å². The van der Waals surface area contributed by atoms with Crippen LogP contribution in [-0.2, 0) is 0 Å². The van der Waals surface area contributed by atoms with Crippen molar-refractivity contribution in [3.05, 3.63) is 22.7 Å². The number of ether oxygens (including phenoxy) is 1. The monoisotopic (exact) mass is 339 g/mol. The molecule has 0 radical (unpaired) electrons. The fourth-order valence-corrected chi connectivity index (χ4v) is 3.63. The molecule has 0 bridgehead atoms. The summed E-state index contributed by atoms with van der Waals surface area (Å²) in [6.45, 7) is 4.66. The molecule has 2 nitrogen and oxygen atoms in total. The molecule has 1 aromatic carbocycles. The highest BCUT2D eigenvalue weighted by Crippen LogP contribution is 2.33. The lowest BCUT2D eigenvalue weighted by molar-refractivity contribution is 0.289. The highest BCUT2D eigenvalue weighted by molar-refractivity contribution is 9.10. The van der Waals surface area contributed by atoms with Gasteiger partial charge in [0.15, 0.2) is 0 Å². The molecule has 112 valence electrons. The third-order valence-corrected chi connectivity index (χ3v) is 4.81. The van der Waals surface area contributed by atoms with Gasteiger partial charge in [0.1, 0.15) is 5.75 Å². The topological polar surface area (TPSA) is 21.3 Å². The van der Waals surface area contributed by atoms with E-state index in [1.54, 1.807) is 7.11 Å². The van der Waals surface area contributed by atoms with E-state index in [1.165, 1.54) is 32.1 Å². The Balaban J connectivity index is 1.98. The fraction of sp³-hybridized carbons (Fsp3) is 0.647. The Morgan fingerprint density at radius 2 is 2.15 bits per heavy atom. The van der Waals surface area contributed by atoms with Crippen LogP contribution in [0.1, 0.15) is 46.0 Å². The number of hydrogen-bond donors (Lipinski definition) is 1. The number of hydrogen-bond acceptors (Lipinski definition) is 2. The van der Waals surface area contributed by atoms with Gasteiger partial charge in [0.05, 0.1) is 12.8 Å². The number of rotatable bonds is 5. The van der Waals surface area contributed by atoms with Gasteiger partial charge in [-0.2, -0.15) is 0 Å².